The highest BCUT2D eigenvalue weighted by atomic mass is 35.5. The molecule has 6 nitrogen and oxygen atoms in total. The highest BCUT2D eigenvalue weighted by Crippen LogP contribution is 2.24. The number of rotatable bonds is 3. The Balaban J connectivity index is 2.32. The summed E-state index contributed by atoms with van der Waals surface area (Å²) in [4.78, 5) is -0.0341. The van der Waals surface area contributed by atoms with Gasteiger partial charge in [-0.25, -0.2) is 8.42 Å². The van der Waals surface area contributed by atoms with E-state index in [1.54, 1.807) is 25.4 Å². The van der Waals surface area contributed by atoms with Crippen LogP contribution in [0.4, 0.5) is 5.82 Å². The molecule has 0 fully saturated rings. The van der Waals surface area contributed by atoms with Crippen LogP contribution in [0.1, 0.15) is 5.56 Å². The van der Waals surface area contributed by atoms with Gasteiger partial charge >= 0.3 is 0 Å². The summed E-state index contributed by atoms with van der Waals surface area (Å²) in [5, 5.41) is 4.04. The molecule has 0 bridgehead atoms. The quantitative estimate of drug-likeness (QED) is 0.830. The molecule has 0 aliphatic rings. The van der Waals surface area contributed by atoms with Crippen molar-refractivity contribution < 1.29 is 8.42 Å². The van der Waals surface area contributed by atoms with Crippen molar-refractivity contribution in [1.82, 2.24) is 9.78 Å². The second-order valence-electron chi connectivity index (χ2n) is 4.13. The predicted molar refractivity (Wildman–Crippen MR) is 81.4 cm³/mol. The van der Waals surface area contributed by atoms with Crippen LogP contribution in [0.15, 0.2) is 35.4 Å². The molecule has 110 valence electrons. The summed E-state index contributed by atoms with van der Waals surface area (Å²) in [5.74, 6) is 5.68. The maximum atomic E-state index is 12.3. The van der Waals surface area contributed by atoms with Crippen LogP contribution >= 0.6 is 11.6 Å². The molecule has 1 aromatic carbocycles. The summed E-state index contributed by atoms with van der Waals surface area (Å²) in [6.45, 7) is 0.221. The van der Waals surface area contributed by atoms with E-state index in [1.165, 1.54) is 16.8 Å². The van der Waals surface area contributed by atoms with Gasteiger partial charge in [0, 0.05) is 24.9 Å². The molecule has 0 aliphatic carbocycles. The molecule has 2 aromatic rings. The zero-order valence-electron chi connectivity index (χ0n) is 11.2. The molecule has 8 heteroatoms. The van der Waals surface area contributed by atoms with E-state index in [9.17, 15) is 8.42 Å². The van der Waals surface area contributed by atoms with Gasteiger partial charge < -0.3 is 5.73 Å². The van der Waals surface area contributed by atoms with Crippen molar-refractivity contribution >= 4 is 27.4 Å². The minimum Gasteiger partial charge on any atom is -0.320 e. The Bertz CT molecular complexity index is 818. The molecule has 0 aliphatic heterocycles. The summed E-state index contributed by atoms with van der Waals surface area (Å²) in [7, 11) is -2.11. The minimum atomic E-state index is -3.80. The molecule has 21 heavy (non-hydrogen) atoms. The summed E-state index contributed by atoms with van der Waals surface area (Å²) in [6, 6.07) is 6.00. The number of aromatic nitrogens is 2. The highest BCUT2D eigenvalue weighted by molar-refractivity contribution is 7.92. The fourth-order valence-corrected chi connectivity index (χ4v) is 3.15. The molecular formula is C13H13ClN4O2S. The first-order valence-electron chi connectivity index (χ1n) is 5.93. The van der Waals surface area contributed by atoms with E-state index in [4.69, 9.17) is 17.3 Å². The van der Waals surface area contributed by atoms with Gasteiger partial charge in [-0.3, -0.25) is 9.40 Å². The summed E-state index contributed by atoms with van der Waals surface area (Å²) in [5.41, 5.74) is 5.88. The molecule has 0 radical (unpaired) electrons. The number of nitrogens with two attached hydrogens (primary N) is 1. The topological polar surface area (TPSA) is 90.0 Å². The van der Waals surface area contributed by atoms with Crippen molar-refractivity contribution in [2.75, 3.05) is 11.3 Å². The lowest BCUT2D eigenvalue weighted by molar-refractivity contribution is 0.601. The fraction of sp³-hybridized carbons (Fsp3) is 0.154. The van der Waals surface area contributed by atoms with Gasteiger partial charge in [-0.2, -0.15) is 5.10 Å². The van der Waals surface area contributed by atoms with E-state index in [2.05, 4.69) is 21.7 Å². The Labute approximate surface area is 128 Å². The molecular weight excluding hydrogens is 312 g/mol. The van der Waals surface area contributed by atoms with Crippen LogP contribution < -0.4 is 10.5 Å². The Morgan fingerprint density at radius 2 is 2.19 bits per heavy atom. The number of nitrogens with zero attached hydrogens (tertiary/aromatic N) is 2. The van der Waals surface area contributed by atoms with Gasteiger partial charge in [0.05, 0.1) is 11.6 Å². The van der Waals surface area contributed by atoms with Gasteiger partial charge in [-0.05, 0) is 18.2 Å². The maximum Gasteiger partial charge on any atom is 0.264 e. The lowest BCUT2D eigenvalue weighted by Crippen LogP contribution is -2.14. The van der Waals surface area contributed by atoms with Gasteiger partial charge in [-0.15, -0.1) is 0 Å². The number of sulfonamides is 1. The van der Waals surface area contributed by atoms with E-state index in [-0.39, 0.29) is 22.3 Å². The smallest absolute Gasteiger partial charge is 0.264 e. The lowest BCUT2D eigenvalue weighted by Gasteiger charge is -2.07. The van der Waals surface area contributed by atoms with Crippen molar-refractivity contribution in [3.63, 3.8) is 0 Å². The standard InChI is InChI=1S/C13H13ClN4O2S/c1-18-8-6-13(16-18)17-21(19,20)12-5-4-10(3-2-7-15)9-11(12)14/h4-6,8-9H,7,15H2,1H3,(H,16,17). The highest BCUT2D eigenvalue weighted by Gasteiger charge is 2.19. The molecule has 0 atom stereocenters. The van der Waals surface area contributed by atoms with Crippen LogP contribution in [0.5, 0.6) is 0 Å². The van der Waals surface area contributed by atoms with Crippen molar-refractivity contribution in [3.05, 3.63) is 41.0 Å². The van der Waals surface area contributed by atoms with Crippen LogP contribution in [-0.4, -0.2) is 24.7 Å². The average molecular weight is 325 g/mol. The third-order valence-corrected chi connectivity index (χ3v) is 4.35. The van der Waals surface area contributed by atoms with E-state index in [1.807, 2.05) is 0 Å². The molecule has 0 unspecified atom stereocenters. The van der Waals surface area contributed by atoms with Crippen molar-refractivity contribution in [1.29, 1.82) is 0 Å². The maximum absolute atomic E-state index is 12.3. The molecule has 0 amide bonds. The third-order valence-electron chi connectivity index (χ3n) is 2.51. The van der Waals surface area contributed by atoms with Crippen molar-refractivity contribution in [3.8, 4) is 11.8 Å². The summed E-state index contributed by atoms with van der Waals surface area (Å²) < 4.78 is 28.4. The first-order chi connectivity index (χ1) is 9.92. The molecule has 1 aromatic heterocycles. The molecule has 0 saturated heterocycles. The van der Waals surface area contributed by atoms with Crippen LogP contribution in [0, 0.1) is 11.8 Å². The average Bonchev–Trinajstić information content (AvgIpc) is 2.80. The van der Waals surface area contributed by atoms with E-state index in [0.29, 0.717) is 5.56 Å². The van der Waals surface area contributed by atoms with Crippen LogP contribution in [0.2, 0.25) is 5.02 Å². The SMILES string of the molecule is Cn1ccc(NS(=O)(=O)c2ccc(C#CCN)cc2Cl)n1. The Hall–Kier alpha value is -2.01. The summed E-state index contributed by atoms with van der Waals surface area (Å²) in [6.07, 6.45) is 1.63. The number of anilines is 1. The monoisotopic (exact) mass is 324 g/mol. The largest absolute Gasteiger partial charge is 0.320 e. The lowest BCUT2D eigenvalue weighted by atomic mass is 10.2. The molecule has 0 spiro atoms. The normalized spacial score (nSPS) is 10.8. The first kappa shape index (κ1) is 15.4. The van der Waals surface area contributed by atoms with Crippen LogP contribution in [0.25, 0.3) is 0 Å². The third kappa shape index (κ3) is 3.76. The second-order valence-corrected chi connectivity index (χ2v) is 6.19. The van der Waals surface area contributed by atoms with Crippen LogP contribution in [0.3, 0.4) is 0 Å². The fourth-order valence-electron chi connectivity index (χ4n) is 1.61. The zero-order chi connectivity index (χ0) is 15.5. The number of halogens is 1. The van der Waals surface area contributed by atoms with Crippen LogP contribution in [-0.2, 0) is 17.1 Å². The number of nitrogens with one attached hydrogen (secondary N) is 1. The Kier molecular flexibility index (Phi) is 4.53. The number of aryl methyl sites for hydroxylation is 1. The molecule has 3 N–H and O–H groups in total. The van der Waals surface area contributed by atoms with Gasteiger partial charge in [-0.1, -0.05) is 23.4 Å². The molecule has 2 rings (SSSR count). The van der Waals surface area contributed by atoms with Crippen molar-refractivity contribution in [2.24, 2.45) is 12.8 Å². The van der Waals surface area contributed by atoms with E-state index >= 15 is 0 Å². The Morgan fingerprint density at radius 1 is 1.43 bits per heavy atom. The Morgan fingerprint density at radius 3 is 2.76 bits per heavy atom. The van der Waals surface area contributed by atoms with E-state index in [0.717, 1.165) is 0 Å². The summed E-state index contributed by atoms with van der Waals surface area (Å²) >= 11 is 6.02. The van der Waals surface area contributed by atoms with Gasteiger partial charge in [0.25, 0.3) is 10.0 Å². The zero-order valence-corrected chi connectivity index (χ0v) is 12.7. The van der Waals surface area contributed by atoms with Gasteiger partial charge in [0.2, 0.25) is 0 Å². The number of benzene rings is 1. The van der Waals surface area contributed by atoms with Gasteiger partial charge in [0.1, 0.15) is 4.90 Å². The second kappa shape index (κ2) is 6.18. The van der Waals surface area contributed by atoms with Gasteiger partial charge in [0.15, 0.2) is 5.82 Å². The first-order valence-corrected chi connectivity index (χ1v) is 7.79. The van der Waals surface area contributed by atoms with E-state index < -0.39 is 10.0 Å². The molecule has 1 heterocycles. The van der Waals surface area contributed by atoms with Crippen molar-refractivity contribution in [2.45, 2.75) is 4.90 Å². The number of hydrogen-bond acceptors (Lipinski definition) is 4. The number of hydrogen-bond donors (Lipinski definition) is 2. The minimum absolute atomic E-state index is 0.0341. The predicted octanol–water partition coefficient (Wildman–Crippen LogP) is 1.18. The molecule has 0 saturated carbocycles.